The summed E-state index contributed by atoms with van der Waals surface area (Å²) in [5.41, 5.74) is 0.471. The molecule has 1 aromatic rings. The predicted molar refractivity (Wildman–Crippen MR) is 68.6 cm³/mol. The number of hydrogen-bond acceptors (Lipinski definition) is 4. The smallest absolute Gasteiger partial charge is 0.344 e. The first-order valence-corrected chi connectivity index (χ1v) is 5.95. The first-order valence-electron chi connectivity index (χ1n) is 5.95. The molecule has 4 heteroatoms. The maximum Gasteiger partial charge on any atom is 0.344 e. The number of ether oxygens (including phenoxy) is 2. The molecule has 0 heterocycles. The number of aliphatic hydroxyl groups is 1. The van der Waals surface area contributed by atoms with E-state index in [1.807, 2.05) is 32.9 Å². The molecule has 0 atom stereocenters. The Labute approximate surface area is 108 Å². The summed E-state index contributed by atoms with van der Waals surface area (Å²) in [5.74, 6) is 0.210. The van der Waals surface area contributed by atoms with E-state index in [-0.39, 0.29) is 13.2 Å². The van der Waals surface area contributed by atoms with E-state index in [1.165, 1.54) is 0 Å². The van der Waals surface area contributed by atoms with E-state index >= 15 is 0 Å². The second-order valence-electron chi connectivity index (χ2n) is 5.00. The third-order valence-corrected chi connectivity index (χ3v) is 2.08. The van der Waals surface area contributed by atoms with E-state index < -0.39 is 11.6 Å². The summed E-state index contributed by atoms with van der Waals surface area (Å²) in [6, 6.07) is 7.30. The minimum absolute atomic E-state index is 0.0928. The van der Waals surface area contributed by atoms with Crippen LogP contribution in [0.5, 0.6) is 5.75 Å². The lowest BCUT2D eigenvalue weighted by Gasteiger charge is -2.19. The van der Waals surface area contributed by atoms with Gasteiger partial charge in [0.25, 0.3) is 0 Å². The van der Waals surface area contributed by atoms with Crippen LogP contribution in [0, 0.1) is 0 Å². The molecule has 0 bridgehead atoms. The molecule has 0 saturated heterocycles. The van der Waals surface area contributed by atoms with Crippen LogP contribution in [0.15, 0.2) is 24.3 Å². The molecular formula is C14H20O4. The van der Waals surface area contributed by atoms with Crippen LogP contribution in [-0.2, 0) is 16.0 Å². The van der Waals surface area contributed by atoms with Crippen molar-refractivity contribution in [3.8, 4) is 5.75 Å². The van der Waals surface area contributed by atoms with Crippen molar-refractivity contribution in [3.05, 3.63) is 29.8 Å². The monoisotopic (exact) mass is 252 g/mol. The SMILES string of the molecule is CC(C)(C)OC(=O)COc1cccc(CCO)c1. The molecule has 1 rings (SSSR count). The van der Waals surface area contributed by atoms with Crippen LogP contribution in [0.2, 0.25) is 0 Å². The van der Waals surface area contributed by atoms with Gasteiger partial charge in [-0.15, -0.1) is 0 Å². The van der Waals surface area contributed by atoms with E-state index in [4.69, 9.17) is 14.6 Å². The van der Waals surface area contributed by atoms with E-state index in [9.17, 15) is 4.79 Å². The van der Waals surface area contributed by atoms with Crippen LogP contribution in [0.1, 0.15) is 26.3 Å². The molecule has 0 radical (unpaired) electrons. The van der Waals surface area contributed by atoms with Gasteiger partial charge in [0.15, 0.2) is 6.61 Å². The van der Waals surface area contributed by atoms with Gasteiger partial charge in [-0.05, 0) is 44.9 Å². The van der Waals surface area contributed by atoms with Crippen LogP contribution in [0.4, 0.5) is 0 Å². The van der Waals surface area contributed by atoms with Crippen molar-refractivity contribution in [2.75, 3.05) is 13.2 Å². The van der Waals surface area contributed by atoms with Gasteiger partial charge in [-0.1, -0.05) is 12.1 Å². The molecule has 0 saturated carbocycles. The molecule has 18 heavy (non-hydrogen) atoms. The molecular weight excluding hydrogens is 232 g/mol. The van der Waals surface area contributed by atoms with Crippen molar-refractivity contribution in [1.29, 1.82) is 0 Å². The lowest BCUT2D eigenvalue weighted by atomic mass is 10.1. The summed E-state index contributed by atoms with van der Waals surface area (Å²) >= 11 is 0. The fourth-order valence-electron chi connectivity index (χ4n) is 1.43. The number of hydrogen-bond donors (Lipinski definition) is 1. The molecule has 1 aromatic carbocycles. The molecule has 0 aromatic heterocycles. The Hall–Kier alpha value is -1.55. The van der Waals surface area contributed by atoms with Crippen molar-refractivity contribution in [2.24, 2.45) is 0 Å². The maximum absolute atomic E-state index is 11.5. The quantitative estimate of drug-likeness (QED) is 0.814. The van der Waals surface area contributed by atoms with Crippen LogP contribution in [0.25, 0.3) is 0 Å². The second kappa shape index (κ2) is 6.40. The van der Waals surface area contributed by atoms with Gasteiger partial charge in [0.1, 0.15) is 11.4 Å². The highest BCUT2D eigenvalue weighted by Crippen LogP contribution is 2.14. The van der Waals surface area contributed by atoms with Crippen LogP contribution in [0.3, 0.4) is 0 Å². The Bertz CT molecular complexity index is 393. The Morgan fingerprint density at radius 2 is 2.06 bits per heavy atom. The lowest BCUT2D eigenvalue weighted by molar-refractivity contribution is -0.157. The van der Waals surface area contributed by atoms with Crippen LogP contribution < -0.4 is 4.74 Å². The number of aliphatic hydroxyl groups excluding tert-OH is 1. The summed E-state index contributed by atoms with van der Waals surface area (Å²) in [4.78, 5) is 11.5. The zero-order valence-corrected chi connectivity index (χ0v) is 11.1. The number of benzene rings is 1. The molecule has 1 N–H and O–H groups in total. The highest BCUT2D eigenvalue weighted by atomic mass is 16.6. The molecule has 100 valence electrons. The Kier molecular flexibility index (Phi) is 5.16. The van der Waals surface area contributed by atoms with Crippen molar-refractivity contribution in [2.45, 2.75) is 32.8 Å². The van der Waals surface area contributed by atoms with Crippen LogP contribution in [-0.4, -0.2) is 29.9 Å². The fourth-order valence-corrected chi connectivity index (χ4v) is 1.43. The highest BCUT2D eigenvalue weighted by molar-refractivity contribution is 5.71. The molecule has 0 aliphatic carbocycles. The van der Waals surface area contributed by atoms with Crippen molar-refractivity contribution in [1.82, 2.24) is 0 Å². The van der Waals surface area contributed by atoms with Gasteiger partial charge in [-0.25, -0.2) is 4.79 Å². The number of esters is 1. The Morgan fingerprint density at radius 3 is 2.67 bits per heavy atom. The van der Waals surface area contributed by atoms with Gasteiger partial charge in [-0.3, -0.25) is 0 Å². The predicted octanol–water partition coefficient (Wildman–Crippen LogP) is 1.94. The van der Waals surface area contributed by atoms with Gasteiger partial charge >= 0.3 is 5.97 Å². The standard InChI is InChI=1S/C14H20O4/c1-14(2,3)18-13(16)10-17-12-6-4-5-11(9-12)7-8-15/h4-6,9,15H,7-8,10H2,1-3H3. The molecule has 0 amide bonds. The van der Waals surface area contributed by atoms with E-state index in [0.29, 0.717) is 12.2 Å². The Morgan fingerprint density at radius 1 is 1.33 bits per heavy atom. The number of carbonyl (C=O) groups excluding carboxylic acids is 1. The summed E-state index contributed by atoms with van der Waals surface area (Å²) in [5, 5.41) is 8.84. The lowest BCUT2D eigenvalue weighted by Crippen LogP contribution is -2.27. The average Bonchev–Trinajstić information content (AvgIpc) is 2.25. The van der Waals surface area contributed by atoms with Crippen molar-refractivity contribution < 1.29 is 19.4 Å². The molecule has 0 aliphatic rings. The number of rotatable bonds is 5. The van der Waals surface area contributed by atoms with E-state index in [0.717, 1.165) is 5.56 Å². The van der Waals surface area contributed by atoms with Crippen molar-refractivity contribution in [3.63, 3.8) is 0 Å². The van der Waals surface area contributed by atoms with Gasteiger partial charge in [-0.2, -0.15) is 0 Å². The summed E-state index contributed by atoms with van der Waals surface area (Å²) in [7, 11) is 0. The zero-order chi connectivity index (χ0) is 13.6. The van der Waals surface area contributed by atoms with E-state index in [2.05, 4.69) is 0 Å². The van der Waals surface area contributed by atoms with Gasteiger partial charge in [0.2, 0.25) is 0 Å². The van der Waals surface area contributed by atoms with Gasteiger partial charge in [0, 0.05) is 6.61 Å². The highest BCUT2D eigenvalue weighted by Gasteiger charge is 2.16. The van der Waals surface area contributed by atoms with Gasteiger partial charge in [0.05, 0.1) is 0 Å². The average molecular weight is 252 g/mol. The Balaban J connectivity index is 2.48. The maximum atomic E-state index is 11.5. The molecule has 0 unspecified atom stereocenters. The first kappa shape index (κ1) is 14.5. The minimum Gasteiger partial charge on any atom is -0.482 e. The first-order chi connectivity index (χ1) is 8.40. The van der Waals surface area contributed by atoms with Gasteiger partial charge < -0.3 is 14.6 Å². The van der Waals surface area contributed by atoms with Crippen molar-refractivity contribution >= 4 is 5.97 Å². The summed E-state index contributed by atoms with van der Waals surface area (Å²) in [6.07, 6.45) is 0.573. The zero-order valence-electron chi connectivity index (χ0n) is 11.1. The molecule has 0 spiro atoms. The minimum atomic E-state index is -0.501. The molecule has 4 nitrogen and oxygen atoms in total. The number of carbonyl (C=O) groups is 1. The summed E-state index contributed by atoms with van der Waals surface area (Å²) in [6.45, 7) is 5.42. The third-order valence-electron chi connectivity index (χ3n) is 2.08. The second-order valence-corrected chi connectivity index (χ2v) is 5.00. The van der Waals surface area contributed by atoms with E-state index in [1.54, 1.807) is 12.1 Å². The third kappa shape index (κ3) is 5.68. The topological polar surface area (TPSA) is 55.8 Å². The fraction of sp³-hybridized carbons (Fsp3) is 0.500. The van der Waals surface area contributed by atoms with Crippen LogP contribution >= 0.6 is 0 Å². The summed E-state index contributed by atoms with van der Waals surface area (Å²) < 4.78 is 10.5. The largest absolute Gasteiger partial charge is 0.482 e. The normalized spacial score (nSPS) is 11.1. The molecule has 0 aliphatic heterocycles. The molecule has 0 fully saturated rings.